The van der Waals surface area contributed by atoms with Crippen molar-refractivity contribution in [2.45, 2.75) is 52.2 Å². The van der Waals surface area contributed by atoms with Crippen LogP contribution in [0.1, 0.15) is 36.1 Å². The molecule has 0 aliphatic rings. The first-order valence-electron chi connectivity index (χ1n) is 7.42. The van der Waals surface area contributed by atoms with Crippen LogP contribution in [0.5, 0.6) is 0 Å². The molecule has 0 unspecified atom stereocenters. The van der Waals surface area contributed by atoms with Crippen molar-refractivity contribution < 1.29 is 17.2 Å². The molecule has 0 saturated carbocycles. The molecule has 10 heteroatoms. The molecule has 0 aliphatic carbocycles. The average molecular weight is 361 g/mol. The van der Waals surface area contributed by atoms with E-state index in [4.69, 9.17) is 0 Å². The van der Waals surface area contributed by atoms with Crippen molar-refractivity contribution in [2.24, 2.45) is 0 Å². The molecular formula is C14H21F2N5O2S. The molecule has 2 aromatic heterocycles. The molecule has 0 spiro atoms. The normalized spacial score (nSPS) is 12.5. The maximum absolute atomic E-state index is 12.9. The van der Waals surface area contributed by atoms with Crippen LogP contribution in [0.4, 0.5) is 8.78 Å². The van der Waals surface area contributed by atoms with Crippen molar-refractivity contribution >= 4 is 10.0 Å². The Morgan fingerprint density at radius 3 is 2.33 bits per heavy atom. The second kappa shape index (κ2) is 6.60. The van der Waals surface area contributed by atoms with E-state index in [9.17, 15) is 17.2 Å². The molecule has 24 heavy (non-hydrogen) atoms. The summed E-state index contributed by atoms with van der Waals surface area (Å²) in [6.45, 7) is 4.44. The summed E-state index contributed by atoms with van der Waals surface area (Å²) in [7, 11) is -2.53. The fourth-order valence-corrected chi connectivity index (χ4v) is 4.15. The molecule has 0 aromatic carbocycles. The van der Waals surface area contributed by atoms with E-state index in [0.29, 0.717) is 11.2 Å². The number of nitrogens with zero attached hydrogens (tertiary/aromatic N) is 5. The summed E-state index contributed by atoms with van der Waals surface area (Å²) in [6, 6.07) is 0. The lowest BCUT2D eigenvalue weighted by Gasteiger charge is -2.17. The van der Waals surface area contributed by atoms with Crippen LogP contribution in [0.2, 0.25) is 0 Å². The van der Waals surface area contributed by atoms with Gasteiger partial charge in [0.2, 0.25) is 10.0 Å². The average Bonchev–Trinajstić information content (AvgIpc) is 2.99. The summed E-state index contributed by atoms with van der Waals surface area (Å²) in [5.41, 5.74) is 1.62. The van der Waals surface area contributed by atoms with Crippen molar-refractivity contribution in [3.63, 3.8) is 0 Å². The Bertz CT molecular complexity index is 842. The first kappa shape index (κ1) is 18.5. The summed E-state index contributed by atoms with van der Waals surface area (Å²) in [5, 5.41) is 7.83. The van der Waals surface area contributed by atoms with E-state index in [0.717, 1.165) is 15.6 Å². The summed E-state index contributed by atoms with van der Waals surface area (Å²) in [6.07, 6.45) is 1.62. The molecule has 0 amide bonds. The largest absolute Gasteiger partial charge is 0.333 e. The molecule has 0 fully saturated rings. The predicted molar refractivity (Wildman–Crippen MR) is 84.2 cm³/mol. The number of aromatic nitrogens is 4. The third-order valence-electron chi connectivity index (χ3n) is 4.01. The van der Waals surface area contributed by atoms with Crippen LogP contribution in [-0.2, 0) is 23.1 Å². The smallest absolute Gasteiger partial charge is 0.270 e. The van der Waals surface area contributed by atoms with E-state index >= 15 is 0 Å². The van der Waals surface area contributed by atoms with Gasteiger partial charge >= 0.3 is 6.55 Å². The zero-order valence-electron chi connectivity index (χ0n) is 14.3. The van der Waals surface area contributed by atoms with Gasteiger partial charge in [-0.2, -0.15) is 23.3 Å². The van der Waals surface area contributed by atoms with Gasteiger partial charge in [-0.3, -0.25) is 4.68 Å². The van der Waals surface area contributed by atoms with E-state index in [2.05, 4.69) is 10.2 Å². The van der Waals surface area contributed by atoms with Crippen LogP contribution in [0, 0.1) is 20.8 Å². The van der Waals surface area contributed by atoms with Crippen LogP contribution >= 0.6 is 0 Å². The highest BCUT2D eigenvalue weighted by Gasteiger charge is 2.31. The Morgan fingerprint density at radius 2 is 1.88 bits per heavy atom. The molecule has 7 nitrogen and oxygen atoms in total. The second-order valence-corrected chi connectivity index (χ2v) is 7.54. The van der Waals surface area contributed by atoms with Gasteiger partial charge in [-0.25, -0.2) is 13.1 Å². The van der Waals surface area contributed by atoms with Crippen LogP contribution < -0.4 is 0 Å². The summed E-state index contributed by atoms with van der Waals surface area (Å²) >= 11 is 0. The lowest BCUT2D eigenvalue weighted by molar-refractivity contribution is 0.0538. The third kappa shape index (κ3) is 3.07. The number of rotatable bonds is 6. The second-order valence-electron chi connectivity index (χ2n) is 5.55. The molecule has 0 aliphatic heterocycles. The molecular weight excluding hydrogens is 340 g/mol. The quantitative estimate of drug-likeness (QED) is 0.791. The molecule has 0 bridgehead atoms. The molecule has 2 heterocycles. The van der Waals surface area contributed by atoms with E-state index < -0.39 is 16.6 Å². The number of sulfonamides is 1. The molecule has 0 atom stereocenters. The fraction of sp³-hybridized carbons (Fsp3) is 0.571. The monoisotopic (exact) mass is 361 g/mol. The molecule has 0 radical (unpaired) electrons. The van der Waals surface area contributed by atoms with Crippen molar-refractivity contribution in [1.29, 1.82) is 0 Å². The van der Waals surface area contributed by atoms with Gasteiger partial charge in [-0.05, 0) is 27.7 Å². The number of halogens is 2. The summed E-state index contributed by atoms with van der Waals surface area (Å²) < 4.78 is 54.8. The van der Waals surface area contributed by atoms with E-state index in [1.807, 2.05) is 13.8 Å². The number of hydrogen-bond donors (Lipinski definition) is 0. The van der Waals surface area contributed by atoms with Gasteiger partial charge in [0.25, 0.3) is 0 Å². The zero-order chi connectivity index (χ0) is 18.2. The lowest BCUT2D eigenvalue weighted by atomic mass is 10.2. The van der Waals surface area contributed by atoms with Crippen LogP contribution in [0.3, 0.4) is 0 Å². The molecule has 0 N–H and O–H groups in total. The highest BCUT2D eigenvalue weighted by molar-refractivity contribution is 7.89. The van der Waals surface area contributed by atoms with Crippen molar-refractivity contribution in [1.82, 2.24) is 23.9 Å². The first-order chi connectivity index (χ1) is 11.1. The number of alkyl halides is 2. The standard InChI is InChI=1S/C14H21F2N5O2S/c1-6-20-10(3)12(7-17-20)8-19(5)24(22,23)13-9(2)18-21(11(13)4)14(15)16/h7,14H,6,8H2,1-5H3. The highest BCUT2D eigenvalue weighted by atomic mass is 32.2. The maximum Gasteiger partial charge on any atom is 0.333 e. The van der Waals surface area contributed by atoms with Crippen LogP contribution in [-0.4, -0.2) is 39.3 Å². The van der Waals surface area contributed by atoms with E-state index in [1.54, 1.807) is 10.9 Å². The Labute approximate surface area is 139 Å². The Morgan fingerprint density at radius 1 is 1.25 bits per heavy atom. The minimum absolute atomic E-state index is 0.0561. The van der Waals surface area contributed by atoms with E-state index in [-0.39, 0.29) is 22.8 Å². The molecule has 2 aromatic rings. The van der Waals surface area contributed by atoms with Gasteiger partial charge in [0.05, 0.1) is 17.6 Å². The van der Waals surface area contributed by atoms with Gasteiger partial charge in [0.15, 0.2) is 0 Å². The van der Waals surface area contributed by atoms with Gasteiger partial charge < -0.3 is 0 Å². The first-order valence-corrected chi connectivity index (χ1v) is 8.86. The predicted octanol–water partition coefficient (Wildman–Crippen LogP) is 2.24. The molecule has 0 saturated heterocycles. The van der Waals surface area contributed by atoms with Gasteiger partial charge in [0, 0.05) is 31.4 Å². The van der Waals surface area contributed by atoms with Crippen LogP contribution in [0.25, 0.3) is 0 Å². The van der Waals surface area contributed by atoms with E-state index in [1.165, 1.54) is 20.9 Å². The van der Waals surface area contributed by atoms with Gasteiger partial charge in [-0.15, -0.1) is 0 Å². The molecule has 134 valence electrons. The Kier molecular flexibility index (Phi) is 5.09. The maximum atomic E-state index is 12.9. The Hall–Kier alpha value is -1.81. The SMILES string of the molecule is CCn1ncc(CN(C)S(=O)(=O)c2c(C)nn(C(F)F)c2C)c1C. The van der Waals surface area contributed by atoms with Gasteiger partial charge in [0.1, 0.15) is 4.90 Å². The summed E-state index contributed by atoms with van der Waals surface area (Å²) in [4.78, 5) is -0.175. The van der Waals surface area contributed by atoms with Crippen molar-refractivity contribution in [3.8, 4) is 0 Å². The van der Waals surface area contributed by atoms with Crippen molar-refractivity contribution in [3.05, 3.63) is 28.8 Å². The van der Waals surface area contributed by atoms with Gasteiger partial charge in [-0.1, -0.05) is 0 Å². The van der Waals surface area contributed by atoms with Crippen LogP contribution in [0.15, 0.2) is 11.1 Å². The van der Waals surface area contributed by atoms with Crippen molar-refractivity contribution in [2.75, 3.05) is 7.05 Å². The highest BCUT2D eigenvalue weighted by Crippen LogP contribution is 2.27. The zero-order valence-corrected chi connectivity index (χ0v) is 15.1. The topological polar surface area (TPSA) is 73.0 Å². The minimum atomic E-state index is -3.95. The number of hydrogen-bond acceptors (Lipinski definition) is 4. The third-order valence-corrected chi connectivity index (χ3v) is 6.07. The minimum Gasteiger partial charge on any atom is -0.270 e. The lowest BCUT2D eigenvalue weighted by Crippen LogP contribution is -2.27. The summed E-state index contributed by atoms with van der Waals surface area (Å²) in [5.74, 6) is 0. The fourth-order valence-electron chi connectivity index (χ4n) is 2.65. The number of aryl methyl sites for hydroxylation is 2. The molecule has 2 rings (SSSR count). The Balaban J connectivity index is 2.38.